The van der Waals surface area contributed by atoms with Crippen molar-refractivity contribution >= 4 is 28.9 Å². The van der Waals surface area contributed by atoms with Crippen LogP contribution in [0.15, 0.2) is 36.5 Å². The van der Waals surface area contributed by atoms with E-state index in [4.69, 9.17) is 27.2 Å². The molecule has 3 N–H and O–H groups in total. The third-order valence-corrected chi connectivity index (χ3v) is 2.79. The molecule has 21 heavy (non-hydrogen) atoms. The SMILES string of the molecule is CC(=O)O.CN(C)c1cc(-c2ccc(Cl)cc2)ncc1N. The third-order valence-electron chi connectivity index (χ3n) is 2.53. The first-order valence-corrected chi connectivity index (χ1v) is 6.57. The fourth-order valence-electron chi connectivity index (χ4n) is 1.62. The molecular formula is C15H18ClN3O2. The van der Waals surface area contributed by atoms with Crippen LogP contribution in [0.2, 0.25) is 5.02 Å². The van der Waals surface area contributed by atoms with E-state index in [9.17, 15) is 0 Å². The molecule has 112 valence electrons. The minimum Gasteiger partial charge on any atom is -0.481 e. The van der Waals surface area contributed by atoms with Gasteiger partial charge in [0.15, 0.2) is 0 Å². The number of nitrogen functional groups attached to an aromatic ring is 1. The van der Waals surface area contributed by atoms with Crippen LogP contribution in [-0.4, -0.2) is 30.2 Å². The molecule has 0 spiro atoms. The molecule has 0 unspecified atom stereocenters. The quantitative estimate of drug-likeness (QED) is 0.891. The van der Waals surface area contributed by atoms with Gasteiger partial charge in [0, 0.05) is 31.6 Å². The van der Waals surface area contributed by atoms with Crippen molar-refractivity contribution in [1.82, 2.24) is 4.98 Å². The number of carboxylic acid groups (broad SMARTS) is 1. The predicted octanol–water partition coefficient (Wildman–Crippen LogP) is 3.14. The molecule has 0 bridgehead atoms. The molecule has 0 atom stereocenters. The van der Waals surface area contributed by atoms with Gasteiger partial charge >= 0.3 is 0 Å². The molecule has 0 saturated heterocycles. The Balaban J connectivity index is 0.000000491. The Labute approximate surface area is 129 Å². The summed E-state index contributed by atoms with van der Waals surface area (Å²) in [7, 11) is 3.91. The van der Waals surface area contributed by atoms with Crippen LogP contribution in [0.1, 0.15) is 6.92 Å². The smallest absolute Gasteiger partial charge is 0.300 e. The van der Waals surface area contributed by atoms with Crippen LogP contribution in [0.4, 0.5) is 11.4 Å². The van der Waals surface area contributed by atoms with Crippen molar-refractivity contribution in [2.24, 2.45) is 0 Å². The van der Waals surface area contributed by atoms with E-state index in [0.717, 1.165) is 28.9 Å². The number of carboxylic acids is 1. The number of nitrogens with two attached hydrogens (primary N) is 1. The van der Waals surface area contributed by atoms with E-state index >= 15 is 0 Å². The van der Waals surface area contributed by atoms with Crippen molar-refractivity contribution in [1.29, 1.82) is 0 Å². The number of hydrogen-bond donors (Lipinski definition) is 2. The lowest BCUT2D eigenvalue weighted by molar-refractivity contribution is -0.134. The molecule has 0 aliphatic rings. The van der Waals surface area contributed by atoms with Crippen LogP contribution in [0.25, 0.3) is 11.3 Å². The van der Waals surface area contributed by atoms with Gasteiger partial charge in [-0.25, -0.2) is 0 Å². The summed E-state index contributed by atoms with van der Waals surface area (Å²) in [5, 5.41) is 8.14. The second kappa shape index (κ2) is 7.50. The third kappa shape index (κ3) is 5.31. The maximum Gasteiger partial charge on any atom is 0.300 e. The number of aromatic nitrogens is 1. The second-order valence-corrected chi connectivity index (χ2v) is 4.99. The minimum absolute atomic E-state index is 0.674. The monoisotopic (exact) mass is 307 g/mol. The zero-order valence-corrected chi connectivity index (χ0v) is 12.9. The van der Waals surface area contributed by atoms with E-state index in [1.165, 1.54) is 0 Å². The number of nitrogens with zero attached hydrogens (tertiary/aromatic N) is 2. The predicted molar refractivity (Wildman–Crippen MR) is 86.7 cm³/mol. The van der Waals surface area contributed by atoms with E-state index in [1.807, 2.05) is 49.3 Å². The van der Waals surface area contributed by atoms with Gasteiger partial charge in [0.05, 0.1) is 23.3 Å². The molecule has 2 aromatic rings. The number of benzene rings is 1. The molecule has 2 rings (SSSR count). The average Bonchev–Trinajstić information content (AvgIpc) is 2.39. The summed E-state index contributed by atoms with van der Waals surface area (Å²) in [5.74, 6) is -0.833. The fourth-order valence-corrected chi connectivity index (χ4v) is 1.75. The Hall–Kier alpha value is -2.27. The van der Waals surface area contributed by atoms with Crippen LogP contribution in [0.3, 0.4) is 0 Å². The van der Waals surface area contributed by atoms with Gasteiger partial charge in [-0.2, -0.15) is 0 Å². The van der Waals surface area contributed by atoms with E-state index in [-0.39, 0.29) is 0 Å². The first-order valence-electron chi connectivity index (χ1n) is 6.19. The molecule has 6 heteroatoms. The number of pyridine rings is 1. The van der Waals surface area contributed by atoms with Gasteiger partial charge in [-0.15, -0.1) is 0 Å². The number of aliphatic carboxylic acids is 1. The average molecular weight is 308 g/mol. The normalized spacial score (nSPS) is 9.52. The fraction of sp³-hybridized carbons (Fsp3) is 0.200. The molecule has 1 aromatic carbocycles. The minimum atomic E-state index is -0.833. The van der Waals surface area contributed by atoms with Gasteiger partial charge in [-0.05, 0) is 18.2 Å². The standard InChI is InChI=1S/C13H14ClN3.C2H4O2/c1-17(2)13-7-12(16-8-11(13)15)9-3-5-10(14)6-4-9;1-2(3)4/h3-8H,15H2,1-2H3;1H3,(H,3,4). The van der Waals surface area contributed by atoms with Crippen LogP contribution in [-0.2, 0) is 4.79 Å². The summed E-state index contributed by atoms with van der Waals surface area (Å²) in [4.78, 5) is 15.3. The number of anilines is 2. The Kier molecular flexibility index (Phi) is 5.99. The summed E-state index contributed by atoms with van der Waals surface area (Å²) in [6.45, 7) is 1.08. The van der Waals surface area contributed by atoms with Crippen molar-refractivity contribution < 1.29 is 9.90 Å². The topological polar surface area (TPSA) is 79.5 Å². The molecule has 0 radical (unpaired) electrons. The summed E-state index contributed by atoms with van der Waals surface area (Å²) in [5.41, 5.74) is 9.42. The van der Waals surface area contributed by atoms with Crippen molar-refractivity contribution in [3.63, 3.8) is 0 Å². The van der Waals surface area contributed by atoms with E-state index in [1.54, 1.807) is 6.20 Å². The van der Waals surface area contributed by atoms with Crippen molar-refractivity contribution in [2.45, 2.75) is 6.92 Å². The molecule has 0 amide bonds. The van der Waals surface area contributed by atoms with Crippen LogP contribution >= 0.6 is 11.6 Å². The van der Waals surface area contributed by atoms with Crippen molar-refractivity contribution in [3.05, 3.63) is 41.6 Å². The summed E-state index contributed by atoms with van der Waals surface area (Å²) < 4.78 is 0. The molecule has 1 aromatic heterocycles. The van der Waals surface area contributed by atoms with Crippen molar-refractivity contribution in [3.8, 4) is 11.3 Å². The summed E-state index contributed by atoms with van der Waals surface area (Å²) >= 11 is 5.86. The van der Waals surface area contributed by atoms with Gasteiger partial charge in [-0.3, -0.25) is 9.78 Å². The molecule has 0 fully saturated rings. The van der Waals surface area contributed by atoms with Crippen molar-refractivity contribution in [2.75, 3.05) is 24.7 Å². The Morgan fingerprint density at radius 2 is 1.81 bits per heavy atom. The maximum atomic E-state index is 9.00. The van der Waals surface area contributed by atoms with Gasteiger partial charge < -0.3 is 15.7 Å². The maximum absolute atomic E-state index is 9.00. The van der Waals surface area contributed by atoms with Gasteiger partial charge in [0.2, 0.25) is 0 Å². The summed E-state index contributed by atoms with van der Waals surface area (Å²) in [6.07, 6.45) is 1.68. The highest BCUT2D eigenvalue weighted by molar-refractivity contribution is 6.30. The largest absolute Gasteiger partial charge is 0.481 e. The lowest BCUT2D eigenvalue weighted by Gasteiger charge is -2.15. The highest BCUT2D eigenvalue weighted by Gasteiger charge is 2.06. The summed E-state index contributed by atoms with van der Waals surface area (Å²) in [6, 6.07) is 9.56. The van der Waals surface area contributed by atoms with E-state index in [2.05, 4.69) is 4.98 Å². The highest BCUT2D eigenvalue weighted by atomic mass is 35.5. The number of halogens is 1. The molecule has 0 aliphatic heterocycles. The molecule has 0 aliphatic carbocycles. The molecule has 0 saturated carbocycles. The first-order chi connectivity index (χ1) is 9.81. The lowest BCUT2D eigenvalue weighted by atomic mass is 10.1. The van der Waals surface area contributed by atoms with E-state index < -0.39 is 5.97 Å². The van der Waals surface area contributed by atoms with Gasteiger partial charge in [0.25, 0.3) is 5.97 Å². The molecule has 5 nitrogen and oxygen atoms in total. The van der Waals surface area contributed by atoms with Gasteiger partial charge in [0.1, 0.15) is 0 Å². The number of rotatable bonds is 2. The molecule has 1 heterocycles. The molecular weight excluding hydrogens is 290 g/mol. The Bertz CT molecular complexity index is 609. The van der Waals surface area contributed by atoms with Crippen LogP contribution < -0.4 is 10.6 Å². The first kappa shape index (κ1) is 16.8. The zero-order chi connectivity index (χ0) is 16.0. The number of hydrogen-bond acceptors (Lipinski definition) is 4. The lowest BCUT2D eigenvalue weighted by Crippen LogP contribution is -2.11. The zero-order valence-electron chi connectivity index (χ0n) is 12.2. The highest BCUT2D eigenvalue weighted by Crippen LogP contribution is 2.27. The van der Waals surface area contributed by atoms with E-state index in [0.29, 0.717) is 5.69 Å². The van der Waals surface area contributed by atoms with Crippen LogP contribution in [0.5, 0.6) is 0 Å². The second-order valence-electron chi connectivity index (χ2n) is 4.55. The Morgan fingerprint density at radius 1 is 1.29 bits per heavy atom. The van der Waals surface area contributed by atoms with Gasteiger partial charge in [-0.1, -0.05) is 23.7 Å². The van der Waals surface area contributed by atoms with Crippen LogP contribution in [0, 0.1) is 0 Å². The number of carbonyl (C=O) groups is 1. The Morgan fingerprint density at radius 3 is 2.29 bits per heavy atom.